The van der Waals surface area contributed by atoms with Crippen molar-refractivity contribution in [2.75, 3.05) is 6.61 Å². The van der Waals surface area contributed by atoms with Crippen molar-refractivity contribution in [3.05, 3.63) is 0 Å². The van der Waals surface area contributed by atoms with Gasteiger partial charge in [-0.05, 0) is 6.92 Å². The van der Waals surface area contributed by atoms with E-state index >= 15 is 0 Å². The highest BCUT2D eigenvalue weighted by atomic mass is 16.5. The van der Waals surface area contributed by atoms with Crippen LogP contribution in [0.15, 0.2) is 0 Å². The van der Waals surface area contributed by atoms with Crippen molar-refractivity contribution < 1.29 is 19.4 Å². The molecule has 1 N–H and O–H groups in total. The molecule has 0 saturated heterocycles. The average molecular weight is 171 g/mol. The highest BCUT2D eigenvalue weighted by molar-refractivity contribution is 5.75. The highest BCUT2D eigenvalue weighted by Crippen LogP contribution is 1.96. The van der Waals surface area contributed by atoms with E-state index in [9.17, 15) is 9.59 Å². The van der Waals surface area contributed by atoms with E-state index in [-0.39, 0.29) is 13.0 Å². The molecule has 0 bridgehead atoms. The average Bonchev–Trinajstić information content (AvgIpc) is 2.02. The van der Waals surface area contributed by atoms with E-state index in [1.165, 1.54) is 6.92 Å². The van der Waals surface area contributed by atoms with Crippen LogP contribution in [0.1, 0.15) is 13.3 Å². The first-order valence-corrected chi connectivity index (χ1v) is 3.36. The van der Waals surface area contributed by atoms with Gasteiger partial charge in [-0.25, -0.2) is 0 Å². The Labute approximate surface area is 69.6 Å². The lowest BCUT2D eigenvalue weighted by Gasteiger charge is -2.02. The third kappa shape index (κ3) is 4.28. The zero-order chi connectivity index (χ0) is 9.56. The van der Waals surface area contributed by atoms with Crippen LogP contribution < -0.4 is 0 Å². The summed E-state index contributed by atoms with van der Waals surface area (Å²) in [4.78, 5) is 20.7. The third-order valence-corrected chi connectivity index (χ3v) is 1.11. The van der Waals surface area contributed by atoms with Crippen molar-refractivity contribution in [1.82, 2.24) is 0 Å². The number of rotatable bonds is 4. The molecule has 0 amide bonds. The molecule has 0 radical (unpaired) electrons. The van der Waals surface area contributed by atoms with Crippen LogP contribution in [0.4, 0.5) is 0 Å². The first kappa shape index (κ1) is 10.4. The van der Waals surface area contributed by atoms with Crippen LogP contribution in [-0.4, -0.2) is 23.7 Å². The second-order valence-corrected chi connectivity index (χ2v) is 2.16. The van der Waals surface area contributed by atoms with E-state index in [4.69, 9.17) is 10.4 Å². The number of hydrogen-bond acceptors (Lipinski definition) is 4. The Morgan fingerprint density at radius 2 is 2.25 bits per heavy atom. The van der Waals surface area contributed by atoms with Gasteiger partial charge in [0.25, 0.3) is 0 Å². The molecule has 0 aromatic heterocycles. The van der Waals surface area contributed by atoms with E-state index in [0.717, 1.165) is 0 Å². The topological polar surface area (TPSA) is 87.4 Å². The van der Waals surface area contributed by atoms with Crippen molar-refractivity contribution in [2.24, 2.45) is 5.92 Å². The molecule has 0 aliphatic rings. The standard InChI is InChI=1S/C7H9NO4/c1-5(4-8)7(11)12-3-2-6(9)10/h5H,2-3H2,1H3,(H,9,10). The molecular formula is C7H9NO4. The van der Waals surface area contributed by atoms with Crippen molar-refractivity contribution in [2.45, 2.75) is 13.3 Å². The summed E-state index contributed by atoms with van der Waals surface area (Å²) >= 11 is 0. The lowest BCUT2D eigenvalue weighted by molar-refractivity contribution is -0.148. The number of aliphatic carboxylic acids is 1. The van der Waals surface area contributed by atoms with Crippen LogP contribution in [0, 0.1) is 17.2 Å². The molecule has 0 aliphatic heterocycles. The maximum absolute atomic E-state index is 10.7. The fourth-order valence-corrected chi connectivity index (χ4v) is 0.417. The molecule has 0 fully saturated rings. The van der Waals surface area contributed by atoms with Crippen molar-refractivity contribution in [3.8, 4) is 6.07 Å². The zero-order valence-corrected chi connectivity index (χ0v) is 6.61. The predicted molar refractivity (Wildman–Crippen MR) is 38.0 cm³/mol. The number of esters is 1. The molecule has 0 heterocycles. The molecule has 0 aromatic rings. The number of carbonyl (C=O) groups excluding carboxylic acids is 1. The summed E-state index contributed by atoms with van der Waals surface area (Å²) in [5, 5.41) is 16.4. The Bertz CT molecular complexity index is 218. The molecule has 0 aliphatic carbocycles. The predicted octanol–water partition coefficient (Wildman–Crippen LogP) is 0.164. The van der Waals surface area contributed by atoms with E-state index in [1.807, 2.05) is 0 Å². The van der Waals surface area contributed by atoms with Crippen LogP contribution in [-0.2, 0) is 14.3 Å². The number of hydrogen-bond donors (Lipinski definition) is 1. The van der Waals surface area contributed by atoms with Gasteiger partial charge in [0.15, 0.2) is 0 Å². The summed E-state index contributed by atoms with van der Waals surface area (Å²) in [6.07, 6.45) is -0.232. The number of carboxylic acids is 1. The summed E-state index contributed by atoms with van der Waals surface area (Å²) in [5.74, 6) is -2.55. The van der Waals surface area contributed by atoms with Gasteiger partial charge in [0.05, 0.1) is 12.5 Å². The van der Waals surface area contributed by atoms with Crippen LogP contribution in [0.3, 0.4) is 0 Å². The van der Waals surface area contributed by atoms with E-state index in [2.05, 4.69) is 4.74 Å². The number of nitrogens with zero attached hydrogens (tertiary/aromatic N) is 1. The van der Waals surface area contributed by atoms with Gasteiger partial charge in [-0.3, -0.25) is 9.59 Å². The first-order valence-electron chi connectivity index (χ1n) is 3.36. The van der Waals surface area contributed by atoms with Gasteiger partial charge in [-0.15, -0.1) is 0 Å². The van der Waals surface area contributed by atoms with E-state index < -0.39 is 17.9 Å². The van der Waals surface area contributed by atoms with Crippen molar-refractivity contribution in [3.63, 3.8) is 0 Å². The van der Waals surface area contributed by atoms with Crippen LogP contribution in [0.5, 0.6) is 0 Å². The number of nitriles is 1. The Morgan fingerprint density at radius 1 is 1.67 bits per heavy atom. The Hall–Kier alpha value is -1.57. The molecule has 0 saturated carbocycles. The van der Waals surface area contributed by atoms with Crippen LogP contribution in [0.2, 0.25) is 0 Å². The van der Waals surface area contributed by atoms with Gasteiger partial charge in [0.2, 0.25) is 0 Å². The molecule has 5 nitrogen and oxygen atoms in total. The Balaban J connectivity index is 3.59. The summed E-state index contributed by atoms with van der Waals surface area (Å²) < 4.78 is 4.46. The molecule has 0 spiro atoms. The van der Waals surface area contributed by atoms with Gasteiger partial charge in [0, 0.05) is 0 Å². The third-order valence-electron chi connectivity index (χ3n) is 1.11. The number of carboxylic acid groups (broad SMARTS) is 1. The Morgan fingerprint density at radius 3 is 2.67 bits per heavy atom. The lowest BCUT2D eigenvalue weighted by atomic mass is 10.2. The maximum atomic E-state index is 10.7. The lowest BCUT2D eigenvalue weighted by Crippen LogP contribution is -2.15. The quantitative estimate of drug-likeness (QED) is 0.609. The zero-order valence-electron chi connectivity index (χ0n) is 6.61. The number of carbonyl (C=O) groups is 2. The van der Waals surface area contributed by atoms with Gasteiger partial charge in [0.1, 0.15) is 12.5 Å². The monoisotopic (exact) mass is 171 g/mol. The molecule has 1 unspecified atom stereocenters. The highest BCUT2D eigenvalue weighted by Gasteiger charge is 2.12. The van der Waals surface area contributed by atoms with E-state index in [0.29, 0.717) is 0 Å². The molecule has 5 heteroatoms. The molecule has 0 aromatic carbocycles. The fraction of sp³-hybridized carbons (Fsp3) is 0.571. The van der Waals surface area contributed by atoms with Gasteiger partial charge < -0.3 is 9.84 Å². The maximum Gasteiger partial charge on any atom is 0.323 e. The molecule has 66 valence electrons. The van der Waals surface area contributed by atoms with E-state index in [1.54, 1.807) is 6.07 Å². The smallest absolute Gasteiger partial charge is 0.323 e. The summed E-state index contributed by atoms with van der Waals surface area (Å²) in [6.45, 7) is 1.21. The summed E-state index contributed by atoms with van der Waals surface area (Å²) in [7, 11) is 0. The SMILES string of the molecule is CC(C#N)C(=O)OCCC(=O)O. The molecule has 1 atom stereocenters. The van der Waals surface area contributed by atoms with Crippen LogP contribution >= 0.6 is 0 Å². The first-order chi connectivity index (χ1) is 5.57. The largest absolute Gasteiger partial charge is 0.481 e. The number of ether oxygens (including phenoxy) is 1. The van der Waals surface area contributed by atoms with Crippen molar-refractivity contribution in [1.29, 1.82) is 5.26 Å². The second kappa shape index (κ2) is 5.13. The van der Waals surface area contributed by atoms with Crippen LogP contribution in [0.25, 0.3) is 0 Å². The fourth-order valence-electron chi connectivity index (χ4n) is 0.417. The van der Waals surface area contributed by atoms with Gasteiger partial charge in [-0.2, -0.15) is 5.26 Å². The minimum absolute atomic E-state index is 0.180. The molecular weight excluding hydrogens is 162 g/mol. The normalized spacial score (nSPS) is 11.3. The minimum atomic E-state index is -1.03. The second-order valence-electron chi connectivity index (χ2n) is 2.16. The molecule has 0 rings (SSSR count). The molecule has 12 heavy (non-hydrogen) atoms. The summed E-state index contributed by atoms with van der Waals surface area (Å²) in [5.41, 5.74) is 0. The summed E-state index contributed by atoms with van der Waals surface area (Å²) in [6, 6.07) is 1.68. The van der Waals surface area contributed by atoms with Gasteiger partial charge in [-0.1, -0.05) is 0 Å². The minimum Gasteiger partial charge on any atom is -0.481 e. The Kier molecular flexibility index (Phi) is 4.46. The van der Waals surface area contributed by atoms with Gasteiger partial charge >= 0.3 is 11.9 Å². The van der Waals surface area contributed by atoms with Crippen molar-refractivity contribution >= 4 is 11.9 Å².